The molecule has 0 saturated carbocycles. The van der Waals surface area contributed by atoms with Crippen molar-refractivity contribution in [3.8, 4) is 0 Å². The van der Waals surface area contributed by atoms with E-state index in [9.17, 15) is 14.4 Å². The average molecular weight is 327 g/mol. The Kier molecular flexibility index (Phi) is 4.41. The van der Waals surface area contributed by atoms with E-state index < -0.39 is 17.8 Å². The lowest BCUT2D eigenvalue weighted by Gasteiger charge is -2.32. The van der Waals surface area contributed by atoms with Crippen molar-refractivity contribution in [3.05, 3.63) is 54.1 Å². The number of aromatic nitrogens is 2. The molecule has 1 unspecified atom stereocenters. The molecule has 7 nitrogen and oxygen atoms in total. The number of fused-ring (bicyclic) bond motifs is 1. The van der Waals surface area contributed by atoms with Crippen LogP contribution in [0.25, 0.3) is 0 Å². The molecule has 24 heavy (non-hydrogen) atoms. The Balaban J connectivity index is 1.80. The smallest absolute Gasteiger partial charge is 0.304 e. The Morgan fingerprint density at radius 3 is 2.71 bits per heavy atom. The first-order valence-corrected chi connectivity index (χ1v) is 7.70. The second-order valence-corrected chi connectivity index (χ2v) is 5.69. The van der Waals surface area contributed by atoms with Gasteiger partial charge in [-0.15, -0.1) is 0 Å². The van der Waals surface area contributed by atoms with E-state index in [4.69, 9.17) is 5.11 Å². The Hall–Kier alpha value is -2.96. The summed E-state index contributed by atoms with van der Waals surface area (Å²) in [5.41, 5.74) is 0.909. The van der Waals surface area contributed by atoms with Gasteiger partial charge in [0.05, 0.1) is 18.7 Å². The number of benzene rings is 1. The van der Waals surface area contributed by atoms with Crippen LogP contribution in [0.3, 0.4) is 0 Å². The molecule has 3 rings (SSSR count). The highest BCUT2D eigenvalue weighted by Gasteiger charge is 2.39. The fraction of sp³-hybridized carbons (Fsp3) is 0.294. The highest BCUT2D eigenvalue weighted by molar-refractivity contribution is 6.12. The normalized spacial score (nSPS) is 17.0. The molecular formula is C17H17N3O4. The molecule has 1 aliphatic heterocycles. The molecule has 2 heterocycles. The van der Waals surface area contributed by atoms with Gasteiger partial charge in [-0.25, -0.2) is 4.98 Å². The summed E-state index contributed by atoms with van der Waals surface area (Å²) in [6.07, 6.45) is 5.40. The third-order valence-corrected chi connectivity index (χ3v) is 4.11. The van der Waals surface area contributed by atoms with Gasteiger partial charge in [0.2, 0.25) is 5.91 Å². The van der Waals surface area contributed by atoms with Gasteiger partial charge in [0, 0.05) is 31.0 Å². The van der Waals surface area contributed by atoms with Crippen LogP contribution in [0.15, 0.2) is 43.0 Å². The van der Waals surface area contributed by atoms with Crippen molar-refractivity contribution in [1.29, 1.82) is 0 Å². The van der Waals surface area contributed by atoms with Gasteiger partial charge in [-0.05, 0) is 18.1 Å². The van der Waals surface area contributed by atoms with Crippen LogP contribution in [-0.2, 0) is 16.1 Å². The second-order valence-electron chi connectivity index (χ2n) is 5.69. The number of imide groups is 1. The van der Waals surface area contributed by atoms with E-state index in [1.165, 1.54) is 4.90 Å². The largest absolute Gasteiger partial charge is 0.481 e. The summed E-state index contributed by atoms with van der Waals surface area (Å²) in [6, 6.07) is 6.72. The Labute approximate surface area is 138 Å². The van der Waals surface area contributed by atoms with Gasteiger partial charge >= 0.3 is 5.97 Å². The van der Waals surface area contributed by atoms with Gasteiger partial charge in [0.25, 0.3) is 5.91 Å². The van der Waals surface area contributed by atoms with Crippen molar-refractivity contribution in [3.63, 3.8) is 0 Å². The van der Waals surface area contributed by atoms with Gasteiger partial charge < -0.3 is 9.67 Å². The summed E-state index contributed by atoms with van der Waals surface area (Å²) in [5, 5.41) is 9.10. The van der Waals surface area contributed by atoms with Crippen LogP contribution in [0, 0.1) is 0 Å². The summed E-state index contributed by atoms with van der Waals surface area (Å²) in [4.78, 5) is 41.5. The molecule has 2 aromatic rings. The summed E-state index contributed by atoms with van der Waals surface area (Å²) < 4.78 is 1.86. The van der Waals surface area contributed by atoms with E-state index in [0.29, 0.717) is 24.1 Å². The Morgan fingerprint density at radius 1 is 1.21 bits per heavy atom. The minimum atomic E-state index is -1.06. The summed E-state index contributed by atoms with van der Waals surface area (Å²) >= 11 is 0. The lowest BCUT2D eigenvalue weighted by molar-refractivity contribution is -0.141. The number of aryl methyl sites for hydroxylation is 1. The maximum absolute atomic E-state index is 12.6. The molecule has 124 valence electrons. The number of hydrogen-bond acceptors (Lipinski definition) is 4. The number of amides is 2. The highest BCUT2D eigenvalue weighted by atomic mass is 16.4. The predicted octanol–water partition coefficient (Wildman–Crippen LogP) is 1.51. The number of carboxylic acid groups (broad SMARTS) is 1. The zero-order valence-electron chi connectivity index (χ0n) is 13.0. The zero-order chi connectivity index (χ0) is 17.1. The molecule has 1 aromatic carbocycles. The Morgan fingerprint density at radius 2 is 2.00 bits per heavy atom. The van der Waals surface area contributed by atoms with Crippen LogP contribution in [0.1, 0.15) is 34.7 Å². The fourth-order valence-corrected chi connectivity index (χ4v) is 2.98. The minimum Gasteiger partial charge on any atom is -0.481 e. The van der Waals surface area contributed by atoms with Crippen LogP contribution < -0.4 is 0 Å². The molecule has 1 N–H and O–H groups in total. The van der Waals surface area contributed by atoms with Gasteiger partial charge in [-0.1, -0.05) is 18.2 Å². The van der Waals surface area contributed by atoms with E-state index in [2.05, 4.69) is 4.98 Å². The van der Waals surface area contributed by atoms with Crippen molar-refractivity contribution in [1.82, 2.24) is 14.5 Å². The third kappa shape index (κ3) is 3.05. The van der Waals surface area contributed by atoms with E-state index >= 15 is 0 Å². The Bertz CT molecular complexity index is 770. The average Bonchev–Trinajstić information content (AvgIpc) is 3.08. The SMILES string of the molecule is O=C(O)CC1C(=O)N(CCCn2ccnc2)C(=O)c2ccccc21. The molecule has 0 spiro atoms. The summed E-state index contributed by atoms with van der Waals surface area (Å²) in [6.45, 7) is 0.878. The molecule has 0 aliphatic carbocycles. The zero-order valence-corrected chi connectivity index (χ0v) is 13.0. The van der Waals surface area contributed by atoms with Crippen LogP contribution in [0.2, 0.25) is 0 Å². The van der Waals surface area contributed by atoms with E-state index in [1.807, 2.05) is 10.8 Å². The molecular weight excluding hydrogens is 310 g/mol. The number of carbonyl (C=O) groups is 3. The van der Waals surface area contributed by atoms with Crippen LogP contribution in [0.4, 0.5) is 0 Å². The predicted molar refractivity (Wildman–Crippen MR) is 84.3 cm³/mol. The first kappa shape index (κ1) is 15.9. The van der Waals surface area contributed by atoms with Gasteiger partial charge in [0.1, 0.15) is 0 Å². The molecule has 0 bridgehead atoms. The minimum absolute atomic E-state index is 0.250. The fourth-order valence-electron chi connectivity index (χ4n) is 2.98. The van der Waals surface area contributed by atoms with Crippen LogP contribution in [-0.4, -0.2) is 43.9 Å². The third-order valence-electron chi connectivity index (χ3n) is 4.11. The van der Waals surface area contributed by atoms with Gasteiger partial charge in [-0.3, -0.25) is 19.3 Å². The lowest BCUT2D eigenvalue weighted by atomic mass is 9.86. The first-order valence-electron chi connectivity index (χ1n) is 7.70. The van der Waals surface area contributed by atoms with Crippen molar-refractivity contribution < 1.29 is 19.5 Å². The molecule has 0 radical (unpaired) electrons. The van der Waals surface area contributed by atoms with E-state index in [1.54, 1.807) is 36.8 Å². The van der Waals surface area contributed by atoms with Crippen molar-refractivity contribution in [2.75, 3.05) is 6.54 Å². The molecule has 2 amide bonds. The highest BCUT2D eigenvalue weighted by Crippen LogP contribution is 2.31. The molecule has 7 heteroatoms. The van der Waals surface area contributed by atoms with Crippen LogP contribution >= 0.6 is 0 Å². The number of imidazole rings is 1. The van der Waals surface area contributed by atoms with Crippen molar-refractivity contribution in [2.45, 2.75) is 25.3 Å². The number of carbonyl (C=O) groups excluding carboxylic acids is 2. The van der Waals surface area contributed by atoms with Crippen molar-refractivity contribution >= 4 is 17.8 Å². The molecule has 0 saturated heterocycles. The number of aliphatic carboxylic acids is 1. The maximum Gasteiger partial charge on any atom is 0.304 e. The molecule has 1 aromatic heterocycles. The standard InChI is InChI=1S/C17H17N3O4/c21-15(22)10-14-12-4-1-2-5-13(12)16(23)20(17(14)24)8-3-7-19-9-6-18-11-19/h1-2,4-6,9,11,14H,3,7-8,10H2,(H,21,22). The monoisotopic (exact) mass is 327 g/mol. The molecule has 0 fully saturated rings. The number of nitrogens with zero attached hydrogens (tertiary/aromatic N) is 3. The molecule has 1 atom stereocenters. The van der Waals surface area contributed by atoms with Crippen molar-refractivity contribution in [2.24, 2.45) is 0 Å². The number of hydrogen-bond donors (Lipinski definition) is 1. The molecule has 1 aliphatic rings. The first-order chi connectivity index (χ1) is 11.6. The number of carboxylic acids is 1. The van der Waals surface area contributed by atoms with Crippen LogP contribution in [0.5, 0.6) is 0 Å². The second kappa shape index (κ2) is 6.66. The topological polar surface area (TPSA) is 92.5 Å². The summed E-state index contributed by atoms with van der Waals surface area (Å²) in [7, 11) is 0. The van der Waals surface area contributed by atoms with Gasteiger partial charge in [-0.2, -0.15) is 0 Å². The van der Waals surface area contributed by atoms with Gasteiger partial charge in [0.15, 0.2) is 0 Å². The maximum atomic E-state index is 12.6. The summed E-state index contributed by atoms with van der Waals surface area (Å²) in [5.74, 6) is -2.67. The van der Waals surface area contributed by atoms with E-state index in [0.717, 1.165) is 0 Å². The van der Waals surface area contributed by atoms with E-state index in [-0.39, 0.29) is 18.9 Å². The lowest BCUT2D eigenvalue weighted by Crippen LogP contribution is -2.45. The quantitative estimate of drug-likeness (QED) is 0.812. The number of rotatable bonds is 6.